The molecule has 0 radical (unpaired) electrons. The summed E-state index contributed by atoms with van der Waals surface area (Å²) < 4.78 is 6.90. The van der Waals surface area contributed by atoms with Gasteiger partial charge in [0.05, 0.1) is 5.52 Å². The van der Waals surface area contributed by atoms with Crippen molar-refractivity contribution >= 4 is 42.8 Å². The highest BCUT2D eigenvalue weighted by Gasteiger charge is 2.08. The second kappa shape index (κ2) is 5.94. The predicted octanol–water partition coefficient (Wildman–Crippen LogP) is 5.68. The van der Waals surface area contributed by atoms with Gasteiger partial charge in [0.15, 0.2) is 0 Å². The molecule has 0 spiro atoms. The molecule has 3 aromatic rings. The molecule has 4 heteroatoms. The summed E-state index contributed by atoms with van der Waals surface area (Å²) >= 11 is 6.93. The van der Waals surface area contributed by atoms with Crippen LogP contribution in [0.4, 0.5) is 0 Å². The van der Waals surface area contributed by atoms with E-state index in [-0.39, 0.29) is 0 Å². The van der Waals surface area contributed by atoms with E-state index < -0.39 is 0 Å². The van der Waals surface area contributed by atoms with E-state index in [0.717, 1.165) is 26.7 Å². The van der Waals surface area contributed by atoms with Crippen LogP contribution in [-0.4, -0.2) is 4.98 Å². The fourth-order valence-electron chi connectivity index (χ4n) is 1.97. The Balaban J connectivity index is 2.05. The van der Waals surface area contributed by atoms with Gasteiger partial charge >= 0.3 is 0 Å². The van der Waals surface area contributed by atoms with Crippen molar-refractivity contribution in [1.82, 2.24) is 4.98 Å². The maximum absolute atomic E-state index is 5.92. The molecule has 0 saturated heterocycles. The van der Waals surface area contributed by atoms with Gasteiger partial charge in [-0.1, -0.05) is 56.1 Å². The molecular formula is C16H11Br2NO. The quantitative estimate of drug-likeness (QED) is 0.534. The van der Waals surface area contributed by atoms with Crippen molar-refractivity contribution in [3.63, 3.8) is 0 Å². The van der Waals surface area contributed by atoms with Crippen molar-refractivity contribution in [2.75, 3.05) is 0 Å². The standard InChI is InChI=1S/C16H11Br2NO/c17-10-12-8-11-4-1-2-7-15(11)19-16(12)20-14-6-3-5-13(18)9-14/h1-9H,10H2. The number of alkyl halides is 1. The largest absolute Gasteiger partial charge is 0.439 e. The monoisotopic (exact) mass is 391 g/mol. The Labute approximate surface area is 134 Å². The second-order valence-electron chi connectivity index (χ2n) is 4.34. The summed E-state index contributed by atoms with van der Waals surface area (Å²) in [6, 6.07) is 17.9. The van der Waals surface area contributed by atoms with Gasteiger partial charge in [-0.25, -0.2) is 4.98 Å². The first-order chi connectivity index (χ1) is 9.76. The van der Waals surface area contributed by atoms with Gasteiger partial charge in [-0.15, -0.1) is 0 Å². The SMILES string of the molecule is BrCc1cc2ccccc2nc1Oc1cccc(Br)c1. The predicted molar refractivity (Wildman–Crippen MR) is 88.6 cm³/mol. The van der Waals surface area contributed by atoms with E-state index in [9.17, 15) is 0 Å². The van der Waals surface area contributed by atoms with Gasteiger partial charge in [0.2, 0.25) is 5.88 Å². The summed E-state index contributed by atoms with van der Waals surface area (Å²) in [6.07, 6.45) is 0. The highest BCUT2D eigenvalue weighted by molar-refractivity contribution is 9.10. The zero-order chi connectivity index (χ0) is 13.9. The zero-order valence-electron chi connectivity index (χ0n) is 10.5. The van der Waals surface area contributed by atoms with E-state index in [1.165, 1.54) is 0 Å². The van der Waals surface area contributed by atoms with Gasteiger partial charge in [-0.2, -0.15) is 0 Å². The number of nitrogens with zero attached hydrogens (tertiary/aromatic N) is 1. The number of ether oxygens (including phenoxy) is 1. The minimum absolute atomic E-state index is 0.638. The molecule has 1 heterocycles. The van der Waals surface area contributed by atoms with Crippen LogP contribution in [0.3, 0.4) is 0 Å². The van der Waals surface area contributed by atoms with Crippen LogP contribution in [-0.2, 0) is 5.33 Å². The van der Waals surface area contributed by atoms with Gasteiger partial charge < -0.3 is 4.74 Å². The highest BCUT2D eigenvalue weighted by Crippen LogP contribution is 2.29. The van der Waals surface area contributed by atoms with Crippen LogP contribution in [0.5, 0.6) is 11.6 Å². The zero-order valence-corrected chi connectivity index (χ0v) is 13.7. The van der Waals surface area contributed by atoms with Crippen LogP contribution in [0, 0.1) is 0 Å². The number of hydrogen-bond acceptors (Lipinski definition) is 2. The summed E-state index contributed by atoms with van der Waals surface area (Å²) in [5, 5.41) is 1.82. The van der Waals surface area contributed by atoms with E-state index in [2.05, 4.69) is 49.0 Å². The lowest BCUT2D eigenvalue weighted by Gasteiger charge is -2.10. The van der Waals surface area contributed by atoms with E-state index in [1.54, 1.807) is 0 Å². The molecule has 0 bridgehead atoms. The summed E-state index contributed by atoms with van der Waals surface area (Å²) in [5.41, 5.74) is 1.96. The van der Waals surface area contributed by atoms with Gasteiger partial charge in [-0.3, -0.25) is 0 Å². The molecular weight excluding hydrogens is 382 g/mol. The Morgan fingerprint density at radius 2 is 1.85 bits per heavy atom. The molecule has 0 saturated carbocycles. The number of para-hydroxylation sites is 1. The lowest BCUT2D eigenvalue weighted by Crippen LogP contribution is -1.94. The first kappa shape index (κ1) is 13.6. The Morgan fingerprint density at radius 3 is 2.65 bits per heavy atom. The van der Waals surface area contributed by atoms with Gasteiger partial charge in [0.1, 0.15) is 5.75 Å². The summed E-state index contributed by atoms with van der Waals surface area (Å²) in [6.45, 7) is 0. The molecule has 0 aliphatic carbocycles. The molecule has 0 fully saturated rings. The normalized spacial score (nSPS) is 10.7. The van der Waals surface area contributed by atoms with Gasteiger partial charge in [0.25, 0.3) is 0 Å². The number of benzene rings is 2. The molecule has 20 heavy (non-hydrogen) atoms. The summed E-state index contributed by atoms with van der Waals surface area (Å²) in [7, 11) is 0. The molecule has 0 unspecified atom stereocenters. The van der Waals surface area contributed by atoms with E-state index in [1.807, 2.05) is 42.5 Å². The van der Waals surface area contributed by atoms with E-state index >= 15 is 0 Å². The fraction of sp³-hybridized carbons (Fsp3) is 0.0625. The first-order valence-electron chi connectivity index (χ1n) is 6.14. The molecule has 0 atom stereocenters. The van der Waals surface area contributed by atoms with Crippen molar-refractivity contribution in [1.29, 1.82) is 0 Å². The number of hydrogen-bond donors (Lipinski definition) is 0. The average molecular weight is 393 g/mol. The van der Waals surface area contributed by atoms with Crippen LogP contribution < -0.4 is 4.74 Å². The Morgan fingerprint density at radius 1 is 1.00 bits per heavy atom. The number of pyridine rings is 1. The number of aromatic nitrogens is 1. The van der Waals surface area contributed by atoms with Crippen LogP contribution in [0.25, 0.3) is 10.9 Å². The first-order valence-corrected chi connectivity index (χ1v) is 8.06. The van der Waals surface area contributed by atoms with Crippen molar-refractivity contribution in [2.45, 2.75) is 5.33 Å². The second-order valence-corrected chi connectivity index (χ2v) is 5.81. The lowest BCUT2D eigenvalue weighted by molar-refractivity contribution is 0.460. The maximum Gasteiger partial charge on any atom is 0.223 e. The number of halogens is 2. The molecule has 100 valence electrons. The molecule has 0 amide bonds. The van der Waals surface area contributed by atoms with E-state index in [0.29, 0.717) is 11.2 Å². The Hall–Kier alpha value is -1.39. The molecule has 1 aromatic heterocycles. The molecule has 0 N–H and O–H groups in total. The number of fused-ring (bicyclic) bond motifs is 1. The minimum Gasteiger partial charge on any atom is -0.439 e. The summed E-state index contributed by atoms with van der Waals surface area (Å²) in [5.74, 6) is 1.41. The molecule has 3 rings (SSSR count). The Kier molecular flexibility index (Phi) is 4.03. The minimum atomic E-state index is 0.638. The smallest absolute Gasteiger partial charge is 0.223 e. The molecule has 0 aliphatic heterocycles. The average Bonchev–Trinajstić information content (AvgIpc) is 2.46. The third kappa shape index (κ3) is 2.86. The van der Waals surface area contributed by atoms with Gasteiger partial charge in [0, 0.05) is 20.8 Å². The van der Waals surface area contributed by atoms with Crippen molar-refractivity contribution in [3.8, 4) is 11.6 Å². The summed E-state index contributed by atoms with van der Waals surface area (Å²) in [4.78, 5) is 4.60. The van der Waals surface area contributed by atoms with Crippen molar-refractivity contribution < 1.29 is 4.74 Å². The van der Waals surface area contributed by atoms with Crippen molar-refractivity contribution in [2.24, 2.45) is 0 Å². The molecule has 2 aromatic carbocycles. The molecule has 0 aliphatic rings. The third-order valence-electron chi connectivity index (χ3n) is 2.92. The fourth-order valence-corrected chi connectivity index (χ4v) is 2.75. The van der Waals surface area contributed by atoms with E-state index in [4.69, 9.17) is 4.74 Å². The third-order valence-corrected chi connectivity index (χ3v) is 4.02. The topological polar surface area (TPSA) is 22.1 Å². The lowest BCUT2D eigenvalue weighted by atomic mass is 10.2. The van der Waals surface area contributed by atoms with Crippen LogP contribution in [0.2, 0.25) is 0 Å². The number of rotatable bonds is 3. The van der Waals surface area contributed by atoms with Gasteiger partial charge in [-0.05, 0) is 30.3 Å². The van der Waals surface area contributed by atoms with Crippen LogP contribution >= 0.6 is 31.9 Å². The maximum atomic E-state index is 5.92. The van der Waals surface area contributed by atoms with Crippen LogP contribution in [0.1, 0.15) is 5.56 Å². The molecule has 2 nitrogen and oxygen atoms in total. The highest BCUT2D eigenvalue weighted by atomic mass is 79.9. The van der Waals surface area contributed by atoms with Crippen LogP contribution in [0.15, 0.2) is 59.1 Å². The van der Waals surface area contributed by atoms with Crippen molar-refractivity contribution in [3.05, 3.63) is 64.6 Å². The Bertz CT molecular complexity index is 758.